The number of hydrogen-bond donors (Lipinski definition) is 2. The number of alkyl carbamates (subject to hydrolysis) is 1. The van der Waals surface area contributed by atoms with Gasteiger partial charge in [-0.3, -0.25) is 4.79 Å². The zero-order valence-electron chi connectivity index (χ0n) is 26.4. The Hall–Kier alpha value is -5.21. The molecule has 8 nitrogen and oxygen atoms in total. The van der Waals surface area contributed by atoms with Gasteiger partial charge in [0.2, 0.25) is 5.91 Å². The van der Waals surface area contributed by atoms with Gasteiger partial charge in [-0.25, -0.2) is 9.59 Å². The van der Waals surface area contributed by atoms with Crippen LogP contribution in [-0.4, -0.2) is 49.9 Å². The minimum Gasteiger partial charge on any atom is -0.465 e. The Morgan fingerprint density at radius 1 is 0.783 bits per heavy atom. The van der Waals surface area contributed by atoms with Gasteiger partial charge in [-0.1, -0.05) is 97.1 Å². The van der Waals surface area contributed by atoms with Crippen LogP contribution in [0.1, 0.15) is 59.3 Å². The number of hydrogen-bond acceptors (Lipinski definition) is 6. The summed E-state index contributed by atoms with van der Waals surface area (Å²) in [7, 11) is 1.34. The van der Waals surface area contributed by atoms with Gasteiger partial charge < -0.3 is 24.8 Å². The van der Waals surface area contributed by atoms with Crippen molar-refractivity contribution in [3.63, 3.8) is 0 Å². The quantitative estimate of drug-likeness (QED) is 0.143. The van der Waals surface area contributed by atoms with Crippen LogP contribution in [-0.2, 0) is 19.0 Å². The highest BCUT2D eigenvalue weighted by molar-refractivity contribution is 5.99. The normalized spacial score (nSPS) is 13.0. The summed E-state index contributed by atoms with van der Waals surface area (Å²) in [5.74, 6) is -1.02. The number of rotatable bonds is 10. The van der Waals surface area contributed by atoms with E-state index in [0.29, 0.717) is 22.4 Å². The summed E-state index contributed by atoms with van der Waals surface area (Å²) in [4.78, 5) is 39.0. The van der Waals surface area contributed by atoms with Gasteiger partial charge in [0.1, 0.15) is 12.6 Å². The highest BCUT2D eigenvalue weighted by Gasteiger charge is 2.30. The Bertz CT molecular complexity index is 1710. The molecule has 236 valence electrons. The van der Waals surface area contributed by atoms with Gasteiger partial charge in [0.25, 0.3) is 0 Å². The third kappa shape index (κ3) is 7.71. The lowest BCUT2D eigenvalue weighted by Gasteiger charge is -2.25. The second-order valence-corrected chi connectivity index (χ2v) is 11.9. The van der Waals surface area contributed by atoms with Crippen molar-refractivity contribution < 1.29 is 28.6 Å². The van der Waals surface area contributed by atoms with Crippen molar-refractivity contribution in [2.45, 2.75) is 38.3 Å². The molecule has 2 N–H and O–H groups in total. The Kier molecular flexibility index (Phi) is 9.98. The van der Waals surface area contributed by atoms with E-state index in [4.69, 9.17) is 14.2 Å². The summed E-state index contributed by atoms with van der Waals surface area (Å²) in [6, 6.07) is 29.5. The van der Waals surface area contributed by atoms with Gasteiger partial charge in [0.05, 0.1) is 24.9 Å². The van der Waals surface area contributed by atoms with Crippen LogP contribution < -0.4 is 10.6 Å². The highest BCUT2D eigenvalue weighted by atomic mass is 16.6. The first kappa shape index (κ1) is 32.2. The maximum absolute atomic E-state index is 13.6. The number of esters is 1. The average Bonchev–Trinajstić information content (AvgIpc) is 3.38. The van der Waals surface area contributed by atoms with Crippen LogP contribution in [0.3, 0.4) is 0 Å². The lowest BCUT2D eigenvalue weighted by atomic mass is 9.98. The fourth-order valence-corrected chi connectivity index (χ4v) is 5.39. The molecule has 0 saturated carbocycles. The smallest absolute Gasteiger partial charge is 0.407 e. The molecule has 4 aromatic carbocycles. The zero-order chi connectivity index (χ0) is 32.7. The Morgan fingerprint density at radius 3 is 2.00 bits per heavy atom. The molecule has 0 aromatic heterocycles. The summed E-state index contributed by atoms with van der Waals surface area (Å²) in [6.07, 6.45) is 2.87. The van der Waals surface area contributed by atoms with Crippen molar-refractivity contribution in [2.24, 2.45) is 0 Å². The van der Waals surface area contributed by atoms with Crippen LogP contribution in [0, 0.1) is 0 Å². The first-order chi connectivity index (χ1) is 22.1. The predicted octanol–water partition coefficient (Wildman–Crippen LogP) is 7.30. The zero-order valence-corrected chi connectivity index (χ0v) is 26.4. The largest absolute Gasteiger partial charge is 0.465 e. The van der Waals surface area contributed by atoms with Gasteiger partial charge in [0.15, 0.2) is 0 Å². The number of nitrogens with one attached hydrogen (secondary N) is 2. The molecule has 0 bridgehead atoms. The topological polar surface area (TPSA) is 103 Å². The lowest BCUT2D eigenvalue weighted by Crippen LogP contribution is -2.48. The van der Waals surface area contributed by atoms with E-state index in [1.54, 1.807) is 36.4 Å². The molecule has 0 spiro atoms. The minimum absolute atomic E-state index is 0.0654. The number of para-hydroxylation sites is 1. The molecule has 1 aliphatic carbocycles. The predicted molar refractivity (Wildman–Crippen MR) is 179 cm³/mol. The van der Waals surface area contributed by atoms with E-state index in [-0.39, 0.29) is 19.1 Å². The summed E-state index contributed by atoms with van der Waals surface area (Å²) < 4.78 is 16.5. The van der Waals surface area contributed by atoms with Gasteiger partial charge in [0, 0.05) is 11.6 Å². The SMILES string of the molecule is COC(=O)c1ccccc1/C=C/c1ccccc1NC(=O)[C@H](COC(C)(C)C)NC(=O)OCC1c2ccccc2-c2ccccc21. The standard InChI is InChI=1S/C38H38N2O6/c1-38(2,3)46-24-34(40-37(43)45-23-32-30-18-10-8-16-28(30)29-17-9-11-19-31(29)32)35(41)39-33-20-12-6-14-26(33)22-21-25-13-5-7-15-27(25)36(42)44-4/h5-22,32,34H,23-24H2,1-4H3,(H,39,41)(H,40,43)/b22-21+/t34-/m0/s1. The number of carbonyl (C=O) groups excluding carboxylic acids is 3. The second-order valence-electron chi connectivity index (χ2n) is 11.9. The van der Waals surface area contributed by atoms with E-state index >= 15 is 0 Å². The van der Waals surface area contributed by atoms with Gasteiger partial charge in [-0.2, -0.15) is 0 Å². The molecule has 0 unspecified atom stereocenters. The molecule has 0 saturated heterocycles. The molecule has 4 aromatic rings. The highest BCUT2D eigenvalue weighted by Crippen LogP contribution is 2.44. The van der Waals surface area contributed by atoms with Crippen LogP contribution >= 0.6 is 0 Å². The van der Waals surface area contributed by atoms with Crippen molar-refractivity contribution >= 4 is 35.8 Å². The Balaban J connectivity index is 1.30. The molecule has 0 aliphatic heterocycles. The number of anilines is 1. The molecule has 0 heterocycles. The number of methoxy groups -OCH3 is 1. The Labute approximate surface area is 269 Å². The van der Waals surface area contributed by atoms with Crippen LogP contribution in [0.4, 0.5) is 10.5 Å². The fraction of sp³-hybridized carbons (Fsp3) is 0.237. The van der Waals surface area contributed by atoms with Crippen molar-refractivity contribution in [1.82, 2.24) is 5.32 Å². The molecule has 0 fully saturated rings. The summed E-state index contributed by atoms with van der Waals surface area (Å²) >= 11 is 0. The number of benzene rings is 4. The summed E-state index contributed by atoms with van der Waals surface area (Å²) in [5, 5.41) is 5.65. The molecule has 5 rings (SSSR count). The number of fused-ring (bicyclic) bond motifs is 3. The fourth-order valence-electron chi connectivity index (χ4n) is 5.39. The first-order valence-electron chi connectivity index (χ1n) is 15.2. The minimum atomic E-state index is -1.04. The second kappa shape index (κ2) is 14.3. The van der Waals surface area contributed by atoms with Crippen LogP contribution in [0.2, 0.25) is 0 Å². The van der Waals surface area contributed by atoms with E-state index in [0.717, 1.165) is 22.3 Å². The van der Waals surface area contributed by atoms with Gasteiger partial charge >= 0.3 is 12.1 Å². The molecule has 0 radical (unpaired) electrons. The third-order valence-electron chi connectivity index (χ3n) is 7.66. The lowest BCUT2D eigenvalue weighted by molar-refractivity contribution is -0.121. The summed E-state index contributed by atoms with van der Waals surface area (Å²) in [5.41, 5.74) is 6.23. The van der Waals surface area contributed by atoms with Crippen LogP contribution in [0.5, 0.6) is 0 Å². The van der Waals surface area contributed by atoms with Gasteiger partial charge in [-0.05, 0) is 66.3 Å². The average molecular weight is 619 g/mol. The third-order valence-corrected chi connectivity index (χ3v) is 7.66. The van der Waals surface area contributed by atoms with E-state index in [2.05, 4.69) is 34.9 Å². The van der Waals surface area contributed by atoms with Crippen LogP contribution in [0.15, 0.2) is 97.1 Å². The number of amides is 2. The van der Waals surface area contributed by atoms with Crippen molar-refractivity contribution in [2.75, 3.05) is 25.6 Å². The molecule has 1 atom stereocenters. The van der Waals surface area contributed by atoms with E-state index in [1.165, 1.54) is 7.11 Å². The van der Waals surface area contributed by atoms with E-state index < -0.39 is 29.6 Å². The molecular weight excluding hydrogens is 580 g/mol. The Morgan fingerprint density at radius 2 is 1.35 bits per heavy atom. The first-order valence-corrected chi connectivity index (χ1v) is 15.2. The maximum Gasteiger partial charge on any atom is 0.407 e. The van der Waals surface area contributed by atoms with Crippen LogP contribution in [0.25, 0.3) is 23.3 Å². The number of ether oxygens (including phenoxy) is 3. The molecule has 2 amide bonds. The van der Waals surface area contributed by atoms with E-state index in [1.807, 2.05) is 69.3 Å². The molecule has 1 aliphatic rings. The maximum atomic E-state index is 13.6. The molecule has 8 heteroatoms. The van der Waals surface area contributed by atoms with E-state index in [9.17, 15) is 14.4 Å². The number of carbonyl (C=O) groups is 3. The summed E-state index contributed by atoms with van der Waals surface area (Å²) in [6.45, 7) is 5.68. The molecular formula is C38H38N2O6. The van der Waals surface area contributed by atoms with Crippen molar-refractivity contribution in [3.8, 4) is 11.1 Å². The monoisotopic (exact) mass is 618 g/mol. The molecule has 46 heavy (non-hydrogen) atoms. The van der Waals surface area contributed by atoms with Crippen molar-refractivity contribution in [3.05, 3.63) is 125 Å². The van der Waals surface area contributed by atoms with Crippen molar-refractivity contribution in [1.29, 1.82) is 0 Å². The van der Waals surface area contributed by atoms with Gasteiger partial charge in [-0.15, -0.1) is 0 Å².